The van der Waals surface area contributed by atoms with Gasteiger partial charge in [-0.25, -0.2) is 0 Å². The summed E-state index contributed by atoms with van der Waals surface area (Å²) in [4.78, 5) is 19.4. The average molecular weight is 392 g/mol. The van der Waals surface area contributed by atoms with Gasteiger partial charge in [-0.15, -0.1) is 0 Å². The van der Waals surface area contributed by atoms with Crippen molar-refractivity contribution in [1.29, 1.82) is 0 Å². The van der Waals surface area contributed by atoms with Crippen LogP contribution in [0, 0.1) is 11.3 Å². The molecule has 1 aromatic heterocycles. The number of benzene rings is 1. The molecule has 29 heavy (non-hydrogen) atoms. The highest BCUT2D eigenvalue weighted by atomic mass is 16.5. The Balaban J connectivity index is 1.07. The number of hydrogen-bond donors (Lipinski definition) is 1. The van der Waals surface area contributed by atoms with Gasteiger partial charge < -0.3 is 10.1 Å². The smallest absolute Gasteiger partial charge is 0.223 e. The van der Waals surface area contributed by atoms with Crippen LogP contribution in [0.5, 0.6) is 5.75 Å². The number of rotatable bonds is 6. The highest BCUT2D eigenvalue weighted by molar-refractivity contribution is 5.82. The van der Waals surface area contributed by atoms with Crippen molar-refractivity contribution in [3.05, 3.63) is 59.4 Å². The number of hydrogen-bond acceptors (Lipinski definition) is 4. The highest BCUT2D eigenvalue weighted by Gasteiger charge is 2.58. The number of carbonyl (C=O) groups is 1. The van der Waals surface area contributed by atoms with Crippen LogP contribution in [0.15, 0.2) is 42.6 Å². The molecule has 1 saturated heterocycles. The zero-order valence-corrected chi connectivity index (χ0v) is 16.9. The van der Waals surface area contributed by atoms with Crippen LogP contribution in [0.3, 0.4) is 0 Å². The van der Waals surface area contributed by atoms with Gasteiger partial charge >= 0.3 is 0 Å². The van der Waals surface area contributed by atoms with Crippen molar-refractivity contribution < 1.29 is 9.53 Å². The van der Waals surface area contributed by atoms with E-state index >= 15 is 0 Å². The molecule has 0 radical (unpaired) electrons. The van der Waals surface area contributed by atoms with E-state index in [1.165, 1.54) is 11.1 Å². The van der Waals surface area contributed by atoms with Gasteiger partial charge in [-0.2, -0.15) is 0 Å². The molecule has 2 fully saturated rings. The van der Waals surface area contributed by atoms with E-state index in [1.54, 1.807) is 6.20 Å². The lowest BCUT2D eigenvalue weighted by Gasteiger charge is -2.33. The largest absolute Gasteiger partial charge is 0.493 e. The van der Waals surface area contributed by atoms with Gasteiger partial charge in [0.05, 0.1) is 6.61 Å². The predicted octanol–water partition coefficient (Wildman–Crippen LogP) is 2.98. The maximum atomic E-state index is 12.6. The molecule has 1 saturated carbocycles. The summed E-state index contributed by atoms with van der Waals surface area (Å²) in [6, 6.07) is 12.5. The molecule has 1 spiro atoms. The molecule has 1 unspecified atom stereocenters. The van der Waals surface area contributed by atoms with Crippen LogP contribution in [0.1, 0.15) is 36.1 Å². The highest BCUT2D eigenvalue weighted by Crippen LogP contribution is 2.59. The lowest BCUT2D eigenvalue weighted by atomic mass is 9.90. The first-order chi connectivity index (χ1) is 14.2. The van der Waals surface area contributed by atoms with Crippen LogP contribution in [0.4, 0.5) is 0 Å². The first-order valence-corrected chi connectivity index (χ1v) is 10.9. The van der Waals surface area contributed by atoms with Gasteiger partial charge in [0, 0.05) is 43.7 Å². The van der Waals surface area contributed by atoms with E-state index in [9.17, 15) is 4.79 Å². The van der Waals surface area contributed by atoms with Crippen molar-refractivity contribution in [1.82, 2.24) is 15.2 Å². The minimum Gasteiger partial charge on any atom is -0.493 e. The topological polar surface area (TPSA) is 54.5 Å². The quantitative estimate of drug-likeness (QED) is 0.823. The van der Waals surface area contributed by atoms with Crippen LogP contribution < -0.4 is 10.1 Å². The van der Waals surface area contributed by atoms with Gasteiger partial charge in [-0.1, -0.05) is 18.2 Å². The molecule has 2 aromatic rings. The Morgan fingerprint density at radius 1 is 1.24 bits per heavy atom. The van der Waals surface area contributed by atoms with Crippen molar-refractivity contribution >= 4 is 5.91 Å². The van der Waals surface area contributed by atoms with Gasteiger partial charge in [0.15, 0.2) is 0 Å². The summed E-state index contributed by atoms with van der Waals surface area (Å²) in [7, 11) is 0. The molecule has 0 bridgehead atoms. The van der Waals surface area contributed by atoms with Gasteiger partial charge in [0.1, 0.15) is 5.75 Å². The Hall–Kier alpha value is -2.40. The Labute approximate surface area is 172 Å². The van der Waals surface area contributed by atoms with Crippen molar-refractivity contribution in [3.63, 3.8) is 0 Å². The molecular weight excluding hydrogens is 362 g/mol. The monoisotopic (exact) mass is 391 g/mol. The predicted molar refractivity (Wildman–Crippen MR) is 112 cm³/mol. The third kappa shape index (κ3) is 4.01. The molecule has 3 heterocycles. The molecule has 1 N–H and O–H groups in total. The van der Waals surface area contributed by atoms with Crippen molar-refractivity contribution in [2.45, 2.75) is 38.6 Å². The van der Waals surface area contributed by atoms with Crippen LogP contribution in [-0.2, 0) is 24.2 Å². The molecule has 5 nitrogen and oxygen atoms in total. The van der Waals surface area contributed by atoms with Crippen LogP contribution in [0.2, 0.25) is 0 Å². The van der Waals surface area contributed by atoms with Gasteiger partial charge in [-0.3, -0.25) is 14.7 Å². The number of fused-ring (bicyclic) bond motifs is 1. The number of carbonyl (C=O) groups excluding carboxylic acids is 1. The number of ether oxygens (including phenoxy) is 1. The lowest BCUT2D eigenvalue weighted by molar-refractivity contribution is -0.123. The minimum absolute atomic E-state index is 0.213. The fourth-order valence-corrected chi connectivity index (χ4v) is 5.01. The van der Waals surface area contributed by atoms with Crippen molar-refractivity contribution in [3.8, 4) is 5.75 Å². The average Bonchev–Trinajstić information content (AvgIpc) is 3.24. The third-order valence-corrected chi connectivity index (χ3v) is 6.92. The van der Waals surface area contributed by atoms with E-state index < -0.39 is 0 Å². The standard InChI is InChI=1S/C24H29N3O2/c28-23(26-11-6-20-3-1-2-10-25-20)21-16-24(21)8-12-27(13-9-24)17-18-4-5-22-19(15-18)7-14-29-22/h1-5,10,15,21H,6-9,11-14,16-17H2,(H,26,28). The summed E-state index contributed by atoms with van der Waals surface area (Å²) in [5.41, 5.74) is 4.02. The number of aromatic nitrogens is 1. The number of piperidine rings is 1. The summed E-state index contributed by atoms with van der Waals surface area (Å²) in [5, 5.41) is 3.14. The molecule has 1 aromatic carbocycles. The van der Waals surface area contributed by atoms with Crippen LogP contribution in [-0.4, -0.2) is 42.0 Å². The fraction of sp³-hybridized carbons (Fsp3) is 0.500. The van der Waals surface area contributed by atoms with E-state index in [-0.39, 0.29) is 17.2 Å². The van der Waals surface area contributed by atoms with Gasteiger partial charge in [0.25, 0.3) is 0 Å². The van der Waals surface area contributed by atoms with E-state index in [1.807, 2.05) is 18.2 Å². The van der Waals surface area contributed by atoms with Gasteiger partial charge in [0.2, 0.25) is 5.91 Å². The van der Waals surface area contributed by atoms with Crippen molar-refractivity contribution in [2.24, 2.45) is 11.3 Å². The number of nitrogens with one attached hydrogen (secondary N) is 1. The second-order valence-corrected chi connectivity index (χ2v) is 8.80. The molecular formula is C24H29N3O2. The van der Waals surface area contributed by atoms with Crippen LogP contribution in [0.25, 0.3) is 0 Å². The zero-order chi connectivity index (χ0) is 19.7. The molecule has 5 rings (SSSR count). The molecule has 1 amide bonds. The minimum atomic E-state index is 0.213. The second-order valence-electron chi connectivity index (χ2n) is 8.80. The number of amides is 1. The third-order valence-electron chi connectivity index (χ3n) is 6.92. The zero-order valence-electron chi connectivity index (χ0n) is 16.9. The fourth-order valence-electron chi connectivity index (χ4n) is 5.01. The Kier molecular flexibility index (Phi) is 5.00. The summed E-state index contributed by atoms with van der Waals surface area (Å²) in [6.07, 6.45) is 6.97. The summed E-state index contributed by atoms with van der Waals surface area (Å²) in [6.45, 7) is 4.67. The van der Waals surface area contributed by atoms with Crippen molar-refractivity contribution in [2.75, 3.05) is 26.2 Å². The number of nitrogens with zero attached hydrogens (tertiary/aromatic N) is 2. The Bertz CT molecular complexity index is 875. The van der Waals surface area contributed by atoms with E-state index in [0.29, 0.717) is 6.54 Å². The van der Waals surface area contributed by atoms with Crippen LogP contribution >= 0.6 is 0 Å². The molecule has 5 heteroatoms. The SMILES string of the molecule is O=C(NCCc1ccccn1)C1CC12CCN(Cc1ccc3c(c1)CCO3)CC2. The first-order valence-electron chi connectivity index (χ1n) is 10.9. The van der Waals surface area contributed by atoms with E-state index in [4.69, 9.17) is 4.74 Å². The summed E-state index contributed by atoms with van der Waals surface area (Å²) >= 11 is 0. The maximum Gasteiger partial charge on any atom is 0.223 e. The Morgan fingerprint density at radius 2 is 2.14 bits per heavy atom. The Morgan fingerprint density at radius 3 is 2.97 bits per heavy atom. The summed E-state index contributed by atoms with van der Waals surface area (Å²) < 4.78 is 5.61. The number of likely N-dealkylation sites (tertiary alicyclic amines) is 1. The van der Waals surface area contributed by atoms with Gasteiger partial charge in [-0.05, 0) is 67.1 Å². The summed E-state index contributed by atoms with van der Waals surface area (Å²) in [5.74, 6) is 1.51. The van der Waals surface area contributed by atoms with E-state index in [0.717, 1.165) is 69.8 Å². The molecule has 3 aliphatic rings. The van der Waals surface area contributed by atoms with E-state index in [2.05, 4.69) is 33.4 Å². The second kappa shape index (κ2) is 7.79. The maximum absolute atomic E-state index is 12.6. The lowest BCUT2D eigenvalue weighted by Crippen LogP contribution is -2.37. The normalized spacial score (nSPS) is 22.1. The molecule has 2 aliphatic heterocycles. The number of pyridine rings is 1. The molecule has 152 valence electrons. The molecule has 1 atom stereocenters. The molecule has 1 aliphatic carbocycles. The first kappa shape index (κ1) is 18.6.